The first-order valence-corrected chi connectivity index (χ1v) is 19.9. The molecule has 0 spiro atoms. The third-order valence-electron chi connectivity index (χ3n) is 7.17. The van der Waals surface area contributed by atoms with E-state index in [1.165, 1.54) is 33.0 Å². The molecule has 0 amide bonds. The molecular weight excluding hydrogens is 453 g/mol. The molecule has 4 rings (SSSR count). The number of benzene rings is 3. The smallest absolute Gasteiger partial charge is 0.0775 e. The molecule has 0 unspecified atom stereocenters. The Bertz CT molecular complexity index is 1180. The average Bonchev–Trinajstić information content (AvgIpc) is 2.85. The van der Waals surface area contributed by atoms with Crippen molar-refractivity contribution in [2.75, 3.05) is 0 Å². The molecule has 0 aromatic heterocycles. The van der Waals surface area contributed by atoms with Gasteiger partial charge in [-0.25, -0.2) is 0 Å². The van der Waals surface area contributed by atoms with Crippen molar-refractivity contribution in [3.8, 4) is 0 Å². The summed E-state index contributed by atoms with van der Waals surface area (Å²) < 4.78 is 0. The van der Waals surface area contributed by atoms with Crippen LogP contribution in [0.25, 0.3) is 5.57 Å². The molecule has 0 radical (unpaired) electrons. The van der Waals surface area contributed by atoms with E-state index in [2.05, 4.69) is 142 Å². The first kappa shape index (κ1) is 25.4. The summed E-state index contributed by atoms with van der Waals surface area (Å²) in [6.45, 7) is 14.6. The zero-order chi connectivity index (χ0) is 25.1. The summed E-state index contributed by atoms with van der Waals surface area (Å²) >= 11 is 0. The summed E-state index contributed by atoms with van der Waals surface area (Å²) in [7, 11) is -2.64. The molecule has 180 valence electrons. The van der Waals surface area contributed by atoms with E-state index < -0.39 is 16.1 Å². The maximum atomic E-state index is 2.50. The van der Waals surface area contributed by atoms with Gasteiger partial charge in [-0.1, -0.05) is 153 Å². The largest absolute Gasteiger partial charge is 0.0809 e. The van der Waals surface area contributed by atoms with Crippen LogP contribution in [0.3, 0.4) is 0 Å². The topological polar surface area (TPSA) is 0 Å². The predicted molar refractivity (Wildman–Crippen MR) is 161 cm³/mol. The monoisotopic (exact) mass is 492 g/mol. The Labute approximate surface area is 215 Å². The molecule has 3 aromatic carbocycles. The van der Waals surface area contributed by atoms with Gasteiger partial charge < -0.3 is 0 Å². The molecule has 0 N–H and O–H groups in total. The fourth-order valence-electron chi connectivity index (χ4n) is 4.94. The highest BCUT2D eigenvalue weighted by Gasteiger charge is 2.23. The fraction of sp³-hybridized carbons (Fsp3) is 0.273. The van der Waals surface area contributed by atoms with Gasteiger partial charge in [0.15, 0.2) is 0 Å². The van der Waals surface area contributed by atoms with Gasteiger partial charge in [-0.15, -0.1) is 0 Å². The van der Waals surface area contributed by atoms with Crippen molar-refractivity contribution >= 4 is 26.9 Å². The molecule has 0 heterocycles. The highest BCUT2D eigenvalue weighted by atomic mass is 28.3. The Balaban J connectivity index is 1.80. The molecule has 0 nitrogen and oxygen atoms in total. The summed E-state index contributed by atoms with van der Waals surface area (Å²) in [6, 6.07) is 31.6. The fourth-order valence-corrected chi connectivity index (χ4v) is 7.40. The van der Waals surface area contributed by atoms with Crippen molar-refractivity contribution < 1.29 is 0 Å². The van der Waals surface area contributed by atoms with E-state index in [0.717, 1.165) is 12.8 Å². The van der Waals surface area contributed by atoms with Gasteiger partial charge in [0.2, 0.25) is 0 Å². The van der Waals surface area contributed by atoms with E-state index in [1.807, 2.05) is 0 Å². The zero-order valence-corrected chi connectivity index (χ0v) is 24.3. The Morgan fingerprint density at radius 3 is 1.63 bits per heavy atom. The van der Waals surface area contributed by atoms with Gasteiger partial charge in [0.05, 0.1) is 16.1 Å². The molecule has 1 aliphatic carbocycles. The molecule has 2 heteroatoms. The van der Waals surface area contributed by atoms with Crippen molar-refractivity contribution in [3.05, 3.63) is 131 Å². The van der Waals surface area contributed by atoms with Gasteiger partial charge in [0.25, 0.3) is 0 Å². The van der Waals surface area contributed by atoms with Crippen LogP contribution in [-0.4, -0.2) is 16.1 Å². The first-order chi connectivity index (χ1) is 16.6. The molecule has 0 bridgehead atoms. The van der Waals surface area contributed by atoms with Gasteiger partial charge in [0.1, 0.15) is 0 Å². The van der Waals surface area contributed by atoms with Crippen LogP contribution in [0.4, 0.5) is 0 Å². The third kappa shape index (κ3) is 6.31. The lowest BCUT2D eigenvalue weighted by Crippen LogP contribution is -2.37. The van der Waals surface area contributed by atoms with Crippen molar-refractivity contribution in [3.63, 3.8) is 0 Å². The van der Waals surface area contributed by atoms with Crippen molar-refractivity contribution in [2.24, 2.45) is 0 Å². The number of allylic oxidation sites excluding steroid dienone is 6. The van der Waals surface area contributed by atoms with Crippen LogP contribution < -0.4 is 5.19 Å². The average molecular weight is 493 g/mol. The lowest BCUT2D eigenvalue weighted by Gasteiger charge is -2.25. The van der Waals surface area contributed by atoms with Crippen molar-refractivity contribution in [1.82, 2.24) is 0 Å². The molecule has 35 heavy (non-hydrogen) atoms. The standard InChI is InChI=1S/C33H40Si2/c1-34(2,3)30-21-17-28(18-22-30)33(29-19-23-31(24-20-29)35(4,5)6)25-32(26-13-9-7-10-14-26)27-15-11-8-12-16-27/h7-19,21-24,32H,20,25H2,1-6H3/b33-29-. The molecule has 0 saturated carbocycles. The second kappa shape index (κ2) is 10.5. The number of hydrogen-bond acceptors (Lipinski definition) is 0. The van der Waals surface area contributed by atoms with E-state index in [0.29, 0.717) is 5.92 Å². The minimum absolute atomic E-state index is 0.326. The second-order valence-corrected chi connectivity index (χ2v) is 22.0. The summed E-state index contributed by atoms with van der Waals surface area (Å²) in [4.78, 5) is 0. The minimum Gasteiger partial charge on any atom is -0.0809 e. The van der Waals surface area contributed by atoms with Gasteiger partial charge in [-0.2, -0.15) is 0 Å². The summed E-state index contributed by atoms with van der Waals surface area (Å²) in [5.41, 5.74) is 7.08. The van der Waals surface area contributed by atoms with E-state index in [4.69, 9.17) is 0 Å². The molecule has 0 aliphatic heterocycles. The first-order valence-electron chi connectivity index (χ1n) is 12.9. The molecular formula is C33H40Si2. The van der Waals surface area contributed by atoms with Gasteiger partial charge >= 0.3 is 0 Å². The zero-order valence-electron chi connectivity index (χ0n) is 22.3. The quantitative estimate of drug-likeness (QED) is 0.289. The maximum Gasteiger partial charge on any atom is 0.0775 e. The van der Waals surface area contributed by atoms with Gasteiger partial charge in [-0.3, -0.25) is 0 Å². The Morgan fingerprint density at radius 2 is 1.20 bits per heavy atom. The molecule has 3 aromatic rings. The molecule has 1 aliphatic rings. The molecule has 0 atom stereocenters. The highest BCUT2D eigenvalue weighted by molar-refractivity contribution is 6.88. The summed E-state index contributed by atoms with van der Waals surface area (Å²) in [5.74, 6) is 0.326. The maximum absolute atomic E-state index is 2.50. The van der Waals surface area contributed by atoms with Crippen LogP contribution in [0.1, 0.15) is 35.4 Å². The van der Waals surface area contributed by atoms with Crippen LogP contribution >= 0.6 is 0 Å². The van der Waals surface area contributed by atoms with Crippen LogP contribution in [0.5, 0.6) is 0 Å². The second-order valence-electron chi connectivity index (χ2n) is 11.9. The third-order valence-corrected chi connectivity index (χ3v) is 11.3. The number of hydrogen-bond donors (Lipinski definition) is 0. The van der Waals surface area contributed by atoms with Crippen LogP contribution in [-0.2, 0) is 0 Å². The van der Waals surface area contributed by atoms with Gasteiger partial charge in [0, 0.05) is 5.92 Å². The minimum atomic E-state index is -1.33. The number of rotatable bonds is 7. The molecule has 0 saturated heterocycles. The van der Waals surface area contributed by atoms with E-state index in [-0.39, 0.29) is 0 Å². The highest BCUT2D eigenvalue weighted by Crippen LogP contribution is 2.38. The lowest BCUT2D eigenvalue weighted by molar-refractivity contribution is 0.837. The van der Waals surface area contributed by atoms with E-state index in [1.54, 1.807) is 5.20 Å². The van der Waals surface area contributed by atoms with Gasteiger partial charge in [-0.05, 0) is 40.7 Å². The lowest BCUT2D eigenvalue weighted by atomic mass is 9.81. The Hall–Kier alpha value is -2.69. The van der Waals surface area contributed by atoms with Crippen LogP contribution in [0.2, 0.25) is 39.3 Å². The van der Waals surface area contributed by atoms with E-state index >= 15 is 0 Å². The normalized spacial score (nSPS) is 15.8. The van der Waals surface area contributed by atoms with Crippen molar-refractivity contribution in [2.45, 2.75) is 58.0 Å². The van der Waals surface area contributed by atoms with Crippen molar-refractivity contribution in [1.29, 1.82) is 0 Å². The Kier molecular flexibility index (Phi) is 7.63. The van der Waals surface area contributed by atoms with Crippen LogP contribution in [0, 0.1) is 0 Å². The van der Waals surface area contributed by atoms with Crippen LogP contribution in [0.15, 0.2) is 114 Å². The Morgan fingerprint density at radius 1 is 0.657 bits per heavy atom. The predicted octanol–water partition coefficient (Wildman–Crippen LogP) is 8.97. The summed E-state index contributed by atoms with van der Waals surface area (Å²) in [5, 5.41) is 3.09. The molecule has 0 fully saturated rings. The summed E-state index contributed by atoms with van der Waals surface area (Å²) in [6.07, 6.45) is 9.34. The SMILES string of the molecule is C[Si](C)(C)C1=CC/C(=C(/CC(c2ccccc2)c2ccccc2)c2ccc([Si](C)(C)C)cc2)C=C1. The van der Waals surface area contributed by atoms with E-state index in [9.17, 15) is 0 Å².